The topological polar surface area (TPSA) is 34.4 Å². The first-order valence-corrected chi connectivity index (χ1v) is 7.89. The Balaban J connectivity index is 2.51. The van der Waals surface area contributed by atoms with Crippen LogP contribution in [-0.4, -0.2) is 19.3 Å². The second kappa shape index (κ2) is 6.63. The molecule has 116 valence electrons. The van der Waals surface area contributed by atoms with Gasteiger partial charge in [-0.25, -0.2) is 0 Å². The second-order valence-corrected chi connectivity index (χ2v) is 5.61. The van der Waals surface area contributed by atoms with E-state index in [2.05, 4.69) is 57.3 Å². The van der Waals surface area contributed by atoms with Crippen molar-refractivity contribution >= 4 is 11.0 Å². The summed E-state index contributed by atoms with van der Waals surface area (Å²) < 4.78 is 12.1. The van der Waals surface area contributed by atoms with Crippen LogP contribution in [0.4, 0.5) is 0 Å². The van der Waals surface area contributed by atoms with Crippen LogP contribution < -0.4 is 5.32 Å². The van der Waals surface area contributed by atoms with E-state index in [-0.39, 0.29) is 11.6 Å². The van der Waals surface area contributed by atoms with Crippen LogP contribution in [0.1, 0.15) is 51.0 Å². The quantitative estimate of drug-likeness (QED) is 0.809. The molecule has 0 saturated carbocycles. The summed E-state index contributed by atoms with van der Waals surface area (Å²) in [5, 5.41) is 4.71. The van der Waals surface area contributed by atoms with Gasteiger partial charge in [0, 0.05) is 12.5 Å². The number of rotatable bonds is 7. The van der Waals surface area contributed by atoms with Crippen LogP contribution in [0.5, 0.6) is 0 Å². The highest BCUT2D eigenvalue weighted by molar-refractivity contribution is 5.81. The summed E-state index contributed by atoms with van der Waals surface area (Å²) in [7, 11) is 1.80. The summed E-state index contributed by atoms with van der Waals surface area (Å²) in [5.74, 6) is 0.965. The van der Waals surface area contributed by atoms with E-state index in [1.54, 1.807) is 7.11 Å². The molecule has 1 aromatic carbocycles. The highest BCUT2D eigenvalue weighted by Gasteiger charge is 2.38. The van der Waals surface area contributed by atoms with E-state index < -0.39 is 0 Å². The Hall–Kier alpha value is -1.32. The fourth-order valence-corrected chi connectivity index (χ4v) is 3.19. The van der Waals surface area contributed by atoms with Crippen molar-refractivity contribution in [2.75, 3.05) is 13.7 Å². The van der Waals surface area contributed by atoms with Gasteiger partial charge >= 0.3 is 0 Å². The molecule has 0 aliphatic heterocycles. The molecular formula is C18H27NO2. The van der Waals surface area contributed by atoms with E-state index in [0.29, 0.717) is 0 Å². The number of furan rings is 1. The number of ether oxygens (including phenoxy) is 1. The molecule has 0 aliphatic rings. The number of likely N-dealkylation sites (N-methyl/N-ethyl adjacent to an activating group) is 1. The maximum Gasteiger partial charge on any atom is 0.137 e. The van der Waals surface area contributed by atoms with Crippen LogP contribution in [0.3, 0.4) is 0 Å². The normalized spacial score (nSPS) is 13.8. The number of methoxy groups -OCH3 is 1. The maximum absolute atomic E-state index is 6.18. The maximum atomic E-state index is 6.18. The first kappa shape index (κ1) is 16.1. The molecule has 0 spiro atoms. The number of hydrogen-bond donors (Lipinski definition) is 1. The molecule has 1 heterocycles. The number of para-hydroxylation sites is 1. The molecule has 1 N–H and O–H groups in total. The lowest BCUT2D eigenvalue weighted by Gasteiger charge is -2.37. The van der Waals surface area contributed by atoms with Crippen molar-refractivity contribution in [2.45, 2.75) is 52.2 Å². The molecule has 0 amide bonds. The Morgan fingerprint density at radius 3 is 2.48 bits per heavy atom. The first-order valence-electron chi connectivity index (χ1n) is 7.89. The van der Waals surface area contributed by atoms with E-state index in [9.17, 15) is 0 Å². The van der Waals surface area contributed by atoms with Gasteiger partial charge in [-0.3, -0.25) is 0 Å². The fourth-order valence-electron chi connectivity index (χ4n) is 3.19. The molecule has 2 aromatic rings. The molecule has 0 radical (unpaired) electrons. The molecule has 0 bridgehead atoms. The Bertz CT molecular complexity index is 576. The predicted octanol–water partition coefficient (Wildman–Crippen LogP) is 4.60. The van der Waals surface area contributed by atoms with E-state index in [1.165, 1.54) is 5.56 Å². The van der Waals surface area contributed by atoms with E-state index in [4.69, 9.17) is 9.15 Å². The molecule has 0 aliphatic carbocycles. The highest BCUT2D eigenvalue weighted by Crippen LogP contribution is 2.37. The van der Waals surface area contributed by atoms with Crippen LogP contribution in [0.2, 0.25) is 0 Å². The lowest BCUT2D eigenvalue weighted by Crippen LogP contribution is -2.44. The summed E-state index contributed by atoms with van der Waals surface area (Å²) in [6, 6.07) is 8.47. The minimum atomic E-state index is -0.238. The van der Waals surface area contributed by atoms with Crippen molar-refractivity contribution in [2.24, 2.45) is 0 Å². The van der Waals surface area contributed by atoms with Crippen molar-refractivity contribution in [1.29, 1.82) is 0 Å². The van der Waals surface area contributed by atoms with E-state index in [0.717, 1.165) is 36.1 Å². The van der Waals surface area contributed by atoms with Gasteiger partial charge in [0.05, 0.1) is 11.6 Å². The molecule has 3 heteroatoms. The van der Waals surface area contributed by atoms with Crippen molar-refractivity contribution in [3.63, 3.8) is 0 Å². The summed E-state index contributed by atoms with van der Waals surface area (Å²) in [4.78, 5) is 0. The molecule has 1 atom stereocenters. The van der Waals surface area contributed by atoms with Gasteiger partial charge in [-0.2, -0.15) is 0 Å². The van der Waals surface area contributed by atoms with Gasteiger partial charge in [-0.1, -0.05) is 39.0 Å². The zero-order valence-electron chi connectivity index (χ0n) is 13.8. The fraction of sp³-hybridized carbons (Fsp3) is 0.556. The number of hydrogen-bond acceptors (Lipinski definition) is 3. The van der Waals surface area contributed by atoms with Gasteiger partial charge in [0.15, 0.2) is 0 Å². The highest BCUT2D eigenvalue weighted by atomic mass is 16.5. The zero-order valence-corrected chi connectivity index (χ0v) is 13.8. The van der Waals surface area contributed by atoms with Gasteiger partial charge in [0.1, 0.15) is 11.3 Å². The number of fused-ring (bicyclic) bond motifs is 1. The third-order valence-electron chi connectivity index (χ3n) is 4.58. The molecule has 0 fully saturated rings. The largest absolute Gasteiger partial charge is 0.459 e. The van der Waals surface area contributed by atoms with Crippen molar-refractivity contribution in [1.82, 2.24) is 5.32 Å². The second-order valence-electron chi connectivity index (χ2n) is 5.61. The lowest BCUT2D eigenvalue weighted by molar-refractivity contribution is -0.0529. The van der Waals surface area contributed by atoms with E-state index >= 15 is 0 Å². The van der Waals surface area contributed by atoms with Crippen molar-refractivity contribution < 1.29 is 9.15 Å². The summed E-state index contributed by atoms with van der Waals surface area (Å²) in [6.45, 7) is 9.43. The molecule has 2 rings (SSSR count). The number of aryl methyl sites for hydroxylation is 1. The van der Waals surface area contributed by atoms with Crippen LogP contribution >= 0.6 is 0 Å². The molecule has 0 saturated heterocycles. The Morgan fingerprint density at radius 2 is 1.95 bits per heavy atom. The summed E-state index contributed by atoms with van der Waals surface area (Å²) in [6.07, 6.45) is 1.88. The minimum Gasteiger partial charge on any atom is -0.459 e. The molecule has 21 heavy (non-hydrogen) atoms. The van der Waals surface area contributed by atoms with Gasteiger partial charge in [-0.05, 0) is 37.9 Å². The third-order valence-corrected chi connectivity index (χ3v) is 4.58. The monoisotopic (exact) mass is 289 g/mol. The average molecular weight is 289 g/mol. The first-order chi connectivity index (χ1) is 10.1. The van der Waals surface area contributed by atoms with Gasteiger partial charge in [0.2, 0.25) is 0 Å². The smallest absolute Gasteiger partial charge is 0.137 e. The number of nitrogens with one attached hydrogen (secondary N) is 1. The SMILES string of the molecule is CCNC(c1cc2cccc(C)c2o1)C(CC)(CC)OC. The van der Waals surface area contributed by atoms with E-state index in [1.807, 2.05) is 0 Å². The predicted molar refractivity (Wildman–Crippen MR) is 87.7 cm³/mol. The van der Waals surface area contributed by atoms with Crippen LogP contribution in [0.15, 0.2) is 28.7 Å². The average Bonchev–Trinajstić information content (AvgIpc) is 2.93. The van der Waals surface area contributed by atoms with Crippen molar-refractivity contribution in [3.05, 3.63) is 35.6 Å². The standard InChI is InChI=1S/C18H27NO2/c1-6-18(7-2,20-5)17(19-8-3)15-12-14-11-9-10-13(4)16(14)21-15/h9-12,17,19H,6-8H2,1-5H3. The lowest BCUT2D eigenvalue weighted by atomic mass is 9.86. The molecule has 3 nitrogen and oxygen atoms in total. The van der Waals surface area contributed by atoms with Crippen molar-refractivity contribution in [3.8, 4) is 0 Å². The van der Waals surface area contributed by atoms with Crippen LogP contribution in [0.25, 0.3) is 11.0 Å². The number of benzene rings is 1. The van der Waals surface area contributed by atoms with Gasteiger partial charge in [-0.15, -0.1) is 0 Å². The summed E-state index contributed by atoms with van der Waals surface area (Å²) in [5.41, 5.74) is 1.91. The molecular weight excluding hydrogens is 262 g/mol. The van der Waals surface area contributed by atoms with Gasteiger partial charge < -0.3 is 14.5 Å². The molecule has 1 aromatic heterocycles. The Labute approximate surface area is 127 Å². The zero-order chi connectivity index (χ0) is 15.5. The minimum absolute atomic E-state index is 0.0642. The Morgan fingerprint density at radius 1 is 1.24 bits per heavy atom. The van der Waals surface area contributed by atoms with Crippen LogP contribution in [-0.2, 0) is 4.74 Å². The Kier molecular flexibility index (Phi) is 5.07. The molecule has 1 unspecified atom stereocenters. The van der Waals surface area contributed by atoms with Crippen LogP contribution in [0, 0.1) is 6.92 Å². The third kappa shape index (κ3) is 2.85. The van der Waals surface area contributed by atoms with Gasteiger partial charge in [0.25, 0.3) is 0 Å². The summed E-state index contributed by atoms with van der Waals surface area (Å²) >= 11 is 0.